The van der Waals surface area contributed by atoms with Crippen LogP contribution in [0.15, 0.2) is 72.8 Å². The highest BCUT2D eigenvalue weighted by atomic mass is 32.1. The zero-order valence-corrected chi connectivity index (χ0v) is 32.4. The number of nitrogens with zero attached hydrogens (tertiary/aromatic N) is 6. The molecule has 24 heteroatoms. The molecule has 316 valence electrons. The Morgan fingerprint density at radius 1 is 0.767 bits per heavy atom. The monoisotopic (exact) mass is 851 g/mol. The van der Waals surface area contributed by atoms with Gasteiger partial charge in [0, 0.05) is 61.3 Å². The molecule has 5 rings (SSSR count). The van der Waals surface area contributed by atoms with E-state index in [9.17, 15) is 54.3 Å². The Labute approximate surface area is 344 Å². The van der Waals surface area contributed by atoms with E-state index in [1.54, 1.807) is 0 Å². The number of nitrogens with one attached hydrogen (secondary N) is 3. The normalized spacial score (nSPS) is 16.4. The summed E-state index contributed by atoms with van der Waals surface area (Å²) < 4.78 is 15.7. The first-order chi connectivity index (χ1) is 28.5. The highest BCUT2D eigenvalue weighted by Crippen LogP contribution is 2.27. The van der Waals surface area contributed by atoms with E-state index in [0.717, 1.165) is 0 Å². The number of nitro benzene ring substituents is 3. The van der Waals surface area contributed by atoms with Gasteiger partial charge in [-0.3, -0.25) is 55.6 Å². The standard InChI is InChI=1S/C36H37N9O14S/c1-21(31(46)38-25-15-40(16-25)32(47)30-14-29(60)17-41(30)35(49)58-19-23-4-10-27(11-5-23)44(53)54)42(36(50)59-20-24-6-12-28(13-7-24)45(55)56)33(37)39-34(48)57-18-22-2-8-26(9-3-22)43(51)52/h2-13,21,25,29-30,60H,14-20H2,1H3,(H,38,46)(H2,37,39,48)/t21-,29+,30+/m1/s1. The fourth-order valence-corrected chi connectivity index (χ4v) is 6.39. The van der Waals surface area contributed by atoms with Gasteiger partial charge >= 0.3 is 18.3 Å². The van der Waals surface area contributed by atoms with Crippen molar-refractivity contribution in [1.82, 2.24) is 25.3 Å². The number of carbonyl (C=O) groups excluding carboxylic acids is 5. The maximum Gasteiger partial charge on any atom is 0.417 e. The average Bonchev–Trinajstić information content (AvgIpc) is 3.61. The van der Waals surface area contributed by atoms with Gasteiger partial charge in [-0.1, -0.05) is 0 Å². The van der Waals surface area contributed by atoms with Gasteiger partial charge in [0.15, 0.2) is 0 Å². The zero-order valence-electron chi connectivity index (χ0n) is 31.5. The van der Waals surface area contributed by atoms with Gasteiger partial charge in [0.1, 0.15) is 31.9 Å². The predicted octanol–water partition coefficient (Wildman–Crippen LogP) is 3.64. The zero-order chi connectivity index (χ0) is 43.7. The lowest BCUT2D eigenvalue weighted by Crippen LogP contribution is -2.66. The number of thiol groups is 1. The number of carbonyl (C=O) groups is 5. The van der Waals surface area contributed by atoms with Crippen LogP contribution in [0.1, 0.15) is 30.0 Å². The van der Waals surface area contributed by atoms with Crippen LogP contribution in [-0.4, -0.2) is 109 Å². The summed E-state index contributed by atoms with van der Waals surface area (Å²) in [5.41, 5.74) is 0.666. The molecular weight excluding hydrogens is 815 g/mol. The van der Waals surface area contributed by atoms with E-state index in [-0.39, 0.29) is 61.6 Å². The number of benzene rings is 3. The van der Waals surface area contributed by atoms with Crippen molar-refractivity contribution in [1.29, 1.82) is 5.41 Å². The lowest BCUT2D eigenvalue weighted by atomic mass is 10.1. The van der Waals surface area contributed by atoms with Gasteiger partial charge in [-0.25, -0.2) is 19.3 Å². The Morgan fingerprint density at radius 3 is 1.68 bits per heavy atom. The van der Waals surface area contributed by atoms with Crippen molar-refractivity contribution in [2.75, 3.05) is 19.6 Å². The van der Waals surface area contributed by atoms with Gasteiger partial charge in [0.2, 0.25) is 17.8 Å². The first-order valence-electron chi connectivity index (χ1n) is 17.9. The second-order valence-electron chi connectivity index (χ2n) is 13.5. The maximum absolute atomic E-state index is 13.5. The smallest absolute Gasteiger partial charge is 0.417 e. The third kappa shape index (κ3) is 11.2. The van der Waals surface area contributed by atoms with Gasteiger partial charge in [0.05, 0.1) is 20.8 Å². The predicted molar refractivity (Wildman–Crippen MR) is 208 cm³/mol. The minimum Gasteiger partial charge on any atom is -0.445 e. The summed E-state index contributed by atoms with van der Waals surface area (Å²) in [7, 11) is 0. The molecule has 0 spiro atoms. The van der Waals surface area contributed by atoms with E-state index in [2.05, 4.69) is 17.9 Å². The quantitative estimate of drug-likeness (QED) is 0.0477. The first kappa shape index (κ1) is 43.7. The summed E-state index contributed by atoms with van der Waals surface area (Å²) in [5, 5.41) is 45.7. The molecule has 2 saturated heterocycles. The van der Waals surface area contributed by atoms with E-state index in [4.69, 9.17) is 19.6 Å². The van der Waals surface area contributed by atoms with Crippen LogP contribution in [0, 0.1) is 35.8 Å². The Balaban J connectivity index is 1.17. The lowest BCUT2D eigenvalue weighted by molar-refractivity contribution is -0.385. The van der Waals surface area contributed by atoms with Crippen molar-refractivity contribution < 1.29 is 53.0 Å². The molecule has 5 amide bonds. The van der Waals surface area contributed by atoms with Crippen LogP contribution in [0.5, 0.6) is 0 Å². The van der Waals surface area contributed by atoms with Crippen LogP contribution >= 0.6 is 12.6 Å². The van der Waals surface area contributed by atoms with E-state index in [1.807, 2.05) is 5.32 Å². The molecule has 3 aromatic carbocycles. The molecule has 3 atom stereocenters. The van der Waals surface area contributed by atoms with Gasteiger partial charge in [-0.05, 0) is 66.4 Å². The molecule has 60 heavy (non-hydrogen) atoms. The molecule has 0 radical (unpaired) electrons. The van der Waals surface area contributed by atoms with Crippen molar-refractivity contribution in [3.8, 4) is 0 Å². The van der Waals surface area contributed by atoms with Gasteiger partial charge in [-0.15, -0.1) is 0 Å². The Hall–Kier alpha value is -7.37. The van der Waals surface area contributed by atoms with Crippen molar-refractivity contribution in [2.24, 2.45) is 0 Å². The molecule has 2 fully saturated rings. The van der Waals surface area contributed by atoms with Crippen LogP contribution < -0.4 is 10.6 Å². The third-order valence-electron chi connectivity index (χ3n) is 9.30. The number of nitro groups is 3. The lowest BCUT2D eigenvalue weighted by Gasteiger charge is -2.42. The fourth-order valence-electron chi connectivity index (χ4n) is 6.02. The molecule has 0 bridgehead atoms. The molecule has 2 heterocycles. The summed E-state index contributed by atoms with van der Waals surface area (Å²) in [6.07, 6.45) is -3.03. The van der Waals surface area contributed by atoms with Gasteiger partial charge in [0.25, 0.3) is 17.1 Å². The summed E-state index contributed by atoms with van der Waals surface area (Å²) in [6, 6.07) is 12.5. The van der Waals surface area contributed by atoms with E-state index < -0.39 is 75.6 Å². The topological polar surface area (TPSA) is 300 Å². The third-order valence-corrected chi connectivity index (χ3v) is 9.67. The summed E-state index contributed by atoms with van der Waals surface area (Å²) >= 11 is 4.45. The molecule has 0 aliphatic carbocycles. The Morgan fingerprint density at radius 2 is 1.22 bits per heavy atom. The number of amides is 5. The summed E-state index contributed by atoms with van der Waals surface area (Å²) in [6.45, 7) is 0.399. The van der Waals surface area contributed by atoms with Gasteiger partial charge < -0.3 is 24.4 Å². The number of hydrogen-bond acceptors (Lipinski definition) is 16. The van der Waals surface area contributed by atoms with Crippen molar-refractivity contribution >= 4 is 65.7 Å². The highest BCUT2D eigenvalue weighted by molar-refractivity contribution is 7.81. The van der Waals surface area contributed by atoms with Crippen LogP contribution in [0.4, 0.5) is 31.4 Å². The largest absolute Gasteiger partial charge is 0.445 e. The minimum absolute atomic E-state index is 0.0198. The number of hydrogen-bond donors (Lipinski definition) is 4. The second kappa shape index (κ2) is 19.4. The van der Waals surface area contributed by atoms with Crippen LogP contribution in [0.2, 0.25) is 0 Å². The Kier molecular flexibility index (Phi) is 14.1. The molecule has 3 aromatic rings. The molecule has 0 saturated carbocycles. The van der Waals surface area contributed by atoms with Crippen LogP contribution in [0.3, 0.4) is 0 Å². The average molecular weight is 852 g/mol. The van der Waals surface area contributed by atoms with Gasteiger partial charge in [-0.2, -0.15) is 12.6 Å². The molecule has 2 aliphatic rings. The molecule has 23 nitrogen and oxygen atoms in total. The second-order valence-corrected chi connectivity index (χ2v) is 14.2. The number of alkyl carbamates (subject to hydrolysis) is 1. The van der Waals surface area contributed by atoms with E-state index in [1.165, 1.54) is 89.5 Å². The SMILES string of the molecule is C[C@H](C(=O)NC1CN(C(=O)[C@@H]2C[C@H](S)CN2C(=O)OCc2ccc([N+](=O)[O-])cc2)C1)N(C(=N)NC(=O)OCc1ccc([N+](=O)[O-])cc1)C(=O)OCc1ccc([N+](=O)[O-])cc1. The molecule has 0 unspecified atom stereocenters. The van der Waals surface area contributed by atoms with Crippen molar-refractivity contribution in [3.63, 3.8) is 0 Å². The van der Waals surface area contributed by atoms with Crippen LogP contribution in [-0.2, 0) is 43.6 Å². The number of non-ortho nitro benzene ring substituents is 3. The van der Waals surface area contributed by atoms with Crippen LogP contribution in [0.25, 0.3) is 0 Å². The maximum atomic E-state index is 13.5. The van der Waals surface area contributed by atoms with Crippen molar-refractivity contribution in [2.45, 2.75) is 56.5 Å². The fraction of sp³-hybridized carbons (Fsp3) is 0.333. The molecule has 0 aromatic heterocycles. The molecule has 2 aliphatic heterocycles. The van der Waals surface area contributed by atoms with E-state index >= 15 is 0 Å². The summed E-state index contributed by atoms with van der Waals surface area (Å²) in [4.78, 5) is 100. The van der Waals surface area contributed by atoms with E-state index in [0.29, 0.717) is 21.6 Å². The number of likely N-dealkylation sites (tertiary alicyclic amines) is 2. The number of rotatable bonds is 13. The number of ether oxygens (including phenoxy) is 3. The first-order valence-corrected chi connectivity index (χ1v) is 18.4. The highest BCUT2D eigenvalue weighted by Gasteiger charge is 2.45. The summed E-state index contributed by atoms with van der Waals surface area (Å²) in [5.74, 6) is -2.15. The molecule has 3 N–H and O–H groups in total. The Bertz CT molecular complexity index is 2150. The van der Waals surface area contributed by atoms with Crippen molar-refractivity contribution in [3.05, 3.63) is 120 Å². The minimum atomic E-state index is -1.50. The number of guanidine groups is 1. The molecular formula is C36H37N9O14S.